The predicted octanol–water partition coefficient (Wildman–Crippen LogP) is 4.05. The van der Waals surface area contributed by atoms with Gasteiger partial charge >= 0.3 is 0 Å². The summed E-state index contributed by atoms with van der Waals surface area (Å²) in [5.74, 6) is 0.146. The van der Waals surface area contributed by atoms with E-state index in [2.05, 4.69) is 48.3 Å². The van der Waals surface area contributed by atoms with Gasteiger partial charge in [0, 0.05) is 31.1 Å². The maximum atomic E-state index is 12.9. The molecular formula is C26H35N3O2. The molecule has 5 heteroatoms. The third-order valence-corrected chi connectivity index (χ3v) is 6.44. The second-order valence-corrected chi connectivity index (χ2v) is 8.27. The minimum absolute atomic E-state index is 0.0333. The first-order chi connectivity index (χ1) is 15.0. The molecule has 0 spiro atoms. The molecule has 31 heavy (non-hydrogen) atoms. The number of carbonyl (C=O) groups is 2. The standard InChI is InChI=1S/C26H35N3O2/c1-4-28(5-2)24(21-12-7-6-8-13-21)19-27-25(30)22-15-17-29(18-16-22)26(31)23-14-10-9-11-20(23)3/h6-14,22,24H,4-5,15-19H2,1-3H3,(H,27,30). The van der Waals surface area contributed by atoms with E-state index < -0.39 is 0 Å². The summed E-state index contributed by atoms with van der Waals surface area (Å²) in [7, 11) is 0. The summed E-state index contributed by atoms with van der Waals surface area (Å²) in [6, 6.07) is 18.2. The molecule has 1 atom stereocenters. The number of nitrogens with one attached hydrogen (secondary N) is 1. The van der Waals surface area contributed by atoms with Crippen molar-refractivity contribution in [3.8, 4) is 0 Å². The lowest BCUT2D eigenvalue weighted by molar-refractivity contribution is -0.126. The Kier molecular flexibility index (Phi) is 8.24. The van der Waals surface area contributed by atoms with Crippen molar-refractivity contribution < 1.29 is 9.59 Å². The Bertz CT molecular complexity index is 856. The SMILES string of the molecule is CCN(CC)C(CNC(=O)C1CCN(C(=O)c2ccccc2C)CC1)c1ccccc1. The molecule has 0 aliphatic carbocycles. The zero-order valence-electron chi connectivity index (χ0n) is 19.0. The summed E-state index contributed by atoms with van der Waals surface area (Å²) < 4.78 is 0. The molecule has 1 saturated heterocycles. The van der Waals surface area contributed by atoms with Crippen LogP contribution in [-0.4, -0.2) is 54.3 Å². The van der Waals surface area contributed by atoms with Gasteiger partial charge in [0.15, 0.2) is 0 Å². The minimum Gasteiger partial charge on any atom is -0.354 e. The number of benzene rings is 2. The summed E-state index contributed by atoms with van der Waals surface area (Å²) >= 11 is 0. The lowest BCUT2D eigenvalue weighted by Crippen LogP contribution is -2.45. The number of nitrogens with zero attached hydrogens (tertiary/aromatic N) is 2. The predicted molar refractivity (Wildman–Crippen MR) is 125 cm³/mol. The smallest absolute Gasteiger partial charge is 0.254 e. The van der Waals surface area contributed by atoms with Crippen LogP contribution in [0.5, 0.6) is 0 Å². The molecule has 0 aromatic heterocycles. The second kappa shape index (κ2) is 11.1. The van der Waals surface area contributed by atoms with Crippen molar-refractivity contribution in [1.82, 2.24) is 15.1 Å². The topological polar surface area (TPSA) is 52.7 Å². The fourth-order valence-electron chi connectivity index (χ4n) is 4.47. The summed E-state index contributed by atoms with van der Waals surface area (Å²) in [4.78, 5) is 30.0. The van der Waals surface area contributed by atoms with Gasteiger partial charge in [-0.25, -0.2) is 0 Å². The summed E-state index contributed by atoms with van der Waals surface area (Å²) in [6.07, 6.45) is 1.43. The van der Waals surface area contributed by atoms with Gasteiger partial charge < -0.3 is 10.2 Å². The first kappa shape index (κ1) is 23.0. The van der Waals surface area contributed by atoms with Gasteiger partial charge in [0.2, 0.25) is 5.91 Å². The molecule has 0 saturated carbocycles. The number of piperidine rings is 1. The van der Waals surface area contributed by atoms with E-state index >= 15 is 0 Å². The van der Waals surface area contributed by atoms with Gasteiger partial charge in [-0.3, -0.25) is 14.5 Å². The normalized spacial score (nSPS) is 15.7. The number of aryl methyl sites for hydroxylation is 1. The first-order valence-electron chi connectivity index (χ1n) is 11.5. The summed E-state index contributed by atoms with van der Waals surface area (Å²) in [5, 5.41) is 3.20. The Morgan fingerprint density at radius 1 is 1.00 bits per heavy atom. The Balaban J connectivity index is 1.55. The number of amides is 2. The molecule has 1 unspecified atom stereocenters. The number of carbonyl (C=O) groups excluding carboxylic acids is 2. The van der Waals surface area contributed by atoms with E-state index in [1.807, 2.05) is 42.2 Å². The van der Waals surface area contributed by atoms with Crippen LogP contribution >= 0.6 is 0 Å². The number of hydrogen-bond donors (Lipinski definition) is 1. The van der Waals surface area contributed by atoms with Crippen LogP contribution in [0.25, 0.3) is 0 Å². The highest BCUT2D eigenvalue weighted by molar-refractivity contribution is 5.95. The van der Waals surface area contributed by atoms with Gasteiger partial charge in [0.1, 0.15) is 0 Å². The first-order valence-corrected chi connectivity index (χ1v) is 11.5. The number of rotatable bonds is 8. The average molecular weight is 422 g/mol. The molecular weight excluding hydrogens is 386 g/mol. The summed E-state index contributed by atoms with van der Waals surface area (Å²) in [6.45, 7) is 10.0. The van der Waals surface area contributed by atoms with Crippen LogP contribution in [0.2, 0.25) is 0 Å². The Hall–Kier alpha value is -2.66. The fraction of sp³-hybridized carbons (Fsp3) is 0.462. The molecule has 2 amide bonds. The molecule has 2 aromatic carbocycles. The Morgan fingerprint density at radius 3 is 2.23 bits per heavy atom. The van der Waals surface area contributed by atoms with Crippen LogP contribution in [0.15, 0.2) is 54.6 Å². The van der Waals surface area contributed by atoms with E-state index in [1.54, 1.807) is 0 Å². The van der Waals surface area contributed by atoms with Crippen molar-refractivity contribution >= 4 is 11.8 Å². The van der Waals surface area contributed by atoms with Crippen LogP contribution in [0.3, 0.4) is 0 Å². The Morgan fingerprint density at radius 2 is 1.61 bits per heavy atom. The largest absolute Gasteiger partial charge is 0.354 e. The zero-order valence-corrected chi connectivity index (χ0v) is 19.0. The lowest BCUT2D eigenvalue weighted by Gasteiger charge is -2.33. The Labute approximate surface area is 186 Å². The van der Waals surface area contributed by atoms with Crippen LogP contribution in [0.1, 0.15) is 54.2 Å². The highest BCUT2D eigenvalue weighted by atomic mass is 16.2. The van der Waals surface area contributed by atoms with Gasteiger partial charge in [-0.05, 0) is 50.0 Å². The van der Waals surface area contributed by atoms with Gasteiger partial charge in [-0.1, -0.05) is 62.4 Å². The van der Waals surface area contributed by atoms with Crippen molar-refractivity contribution in [2.24, 2.45) is 5.92 Å². The van der Waals surface area contributed by atoms with Gasteiger partial charge in [-0.2, -0.15) is 0 Å². The maximum absolute atomic E-state index is 12.9. The molecule has 2 aromatic rings. The van der Waals surface area contributed by atoms with Crippen LogP contribution in [0, 0.1) is 12.8 Å². The number of hydrogen-bond acceptors (Lipinski definition) is 3. The van der Waals surface area contributed by atoms with Crippen LogP contribution in [-0.2, 0) is 4.79 Å². The quantitative estimate of drug-likeness (QED) is 0.700. The van der Waals surface area contributed by atoms with Gasteiger partial charge in [0.05, 0.1) is 6.04 Å². The number of likely N-dealkylation sites (N-methyl/N-ethyl adjacent to an activating group) is 1. The molecule has 0 radical (unpaired) electrons. The summed E-state index contributed by atoms with van der Waals surface area (Å²) in [5.41, 5.74) is 2.98. The van der Waals surface area contributed by atoms with E-state index in [4.69, 9.17) is 0 Å². The molecule has 5 nitrogen and oxygen atoms in total. The van der Waals surface area contributed by atoms with E-state index in [1.165, 1.54) is 5.56 Å². The van der Waals surface area contributed by atoms with E-state index in [9.17, 15) is 9.59 Å². The van der Waals surface area contributed by atoms with Crippen LogP contribution in [0.4, 0.5) is 0 Å². The van der Waals surface area contributed by atoms with Crippen molar-refractivity contribution in [2.75, 3.05) is 32.7 Å². The molecule has 3 rings (SSSR count). The fourth-order valence-corrected chi connectivity index (χ4v) is 4.47. The average Bonchev–Trinajstić information content (AvgIpc) is 2.82. The monoisotopic (exact) mass is 421 g/mol. The van der Waals surface area contributed by atoms with E-state index in [0.717, 1.165) is 24.2 Å². The molecule has 0 bridgehead atoms. The highest BCUT2D eigenvalue weighted by Gasteiger charge is 2.29. The van der Waals surface area contributed by atoms with Crippen molar-refractivity contribution in [3.63, 3.8) is 0 Å². The van der Waals surface area contributed by atoms with Crippen molar-refractivity contribution in [3.05, 3.63) is 71.3 Å². The van der Waals surface area contributed by atoms with Gasteiger partial charge in [0.25, 0.3) is 5.91 Å². The molecule has 1 aliphatic rings. The van der Waals surface area contributed by atoms with Crippen molar-refractivity contribution in [1.29, 1.82) is 0 Å². The molecule has 1 heterocycles. The van der Waals surface area contributed by atoms with E-state index in [0.29, 0.717) is 32.5 Å². The minimum atomic E-state index is -0.0333. The third-order valence-electron chi connectivity index (χ3n) is 6.44. The van der Waals surface area contributed by atoms with Crippen LogP contribution < -0.4 is 5.32 Å². The highest BCUT2D eigenvalue weighted by Crippen LogP contribution is 2.22. The zero-order chi connectivity index (χ0) is 22.2. The second-order valence-electron chi connectivity index (χ2n) is 8.27. The maximum Gasteiger partial charge on any atom is 0.254 e. The third kappa shape index (κ3) is 5.73. The molecule has 1 aliphatic heterocycles. The number of likely N-dealkylation sites (tertiary alicyclic amines) is 1. The lowest BCUT2D eigenvalue weighted by atomic mass is 9.94. The molecule has 166 valence electrons. The van der Waals surface area contributed by atoms with Crippen molar-refractivity contribution in [2.45, 2.75) is 39.7 Å². The van der Waals surface area contributed by atoms with Gasteiger partial charge in [-0.15, -0.1) is 0 Å². The molecule has 1 N–H and O–H groups in total. The van der Waals surface area contributed by atoms with E-state index in [-0.39, 0.29) is 23.8 Å². The molecule has 1 fully saturated rings.